The Labute approximate surface area is 158 Å². The van der Waals surface area contributed by atoms with Crippen LogP contribution in [-0.2, 0) is 9.53 Å². The van der Waals surface area contributed by atoms with Gasteiger partial charge in [-0.25, -0.2) is 4.79 Å². The van der Waals surface area contributed by atoms with Gasteiger partial charge >= 0.3 is 6.16 Å². The van der Waals surface area contributed by atoms with Crippen LogP contribution in [0.5, 0.6) is 0 Å². The normalized spacial score (nSPS) is 49.7. The molecule has 0 aromatic heterocycles. The fourth-order valence-electron chi connectivity index (χ4n) is 7.21. The molecule has 0 spiro atoms. The van der Waals surface area contributed by atoms with Crippen LogP contribution in [0.3, 0.4) is 0 Å². The first-order valence-corrected chi connectivity index (χ1v) is 10.1. The Balaban J connectivity index is 1.48. The van der Waals surface area contributed by atoms with Crippen LogP contribution in [0, 0.1) is 40.9 Å². The van der Waals surface area contributed by atoms with E-state index in [9.17, 15) is 14.7 Å². The minimum atomic E-state index is -1.35. The van der Waals surface area contributed by atoms with Crippen molar-refractivity contribution in [1.82, 2.24) is 0 Å². The average Bonchev–Trinajstić information content (AvgIpc) is 3.37. The number of ether oxygens (including phenoxy) is 1. The topological polar surface area (TPSA) is 83.8 Å². The van der Waals surface area contributed by atoms with Crippen molar-refractivity contribution in [1.29, 1.82) is 0 Å². The standard InChI is InChI=1S/C22H26O5/c1-21-7-6-15-14-5-3-13(23)10-12(14)2-4-16(15)19(21)17-11-18(17)22(21,26)8-9-27-20(24)25/h2,4,8-10,14-19,26H,3,5-7,11H2,1H3,(H,24,25)/b9-8-/t14-,15+,16+,17-,18+,19+,21-,22-/m0/s1. The van der Waals surface area contributed by atoms with Gasteiger partial charge in [0.25, 0.3) is 0 Å². The van der Waals surface area contributed by atoms with Crippen molar-refractivity contribution >= 4 is 11.9 Å². The summed E-state index contributed by atoms with van der Waals surface area (Å²) in [4.78, 5) is 22.5. The molecule has 144 valence electrons. The summed E-state index contributed by atoms with van der Waals surface area (Å²) >= 11 is 0. The van der Waals surface area contributed by atoms with Crippen LogP contribution >= 0.6 is 0 Å². The van der Waals surface area contributed by atoms with E-state index in [0.717, 1.165) is 31.9 Å². The van der Waals surface area contributed by atoms with Crippen molar-refractivity contribution in [3.63, 3.8) is 0 Å². The third kappa shape index (κ3) is 2.27. The number of hydrogen-bond donors (Lipinski definition) is 2. The van der Waals surface area contributed by atoms with E-state index in [1.807, 2.05) is 6.08 Å². The Hall–Kier alpha value is -1.88. The molecule has 0 unspecified atom stereocenters. The van der Waals surface area contributed by atoms with Crippen LogP contribution in [0.15, 0.2) is 36.1 Å². The zero-order chi connectivity index (χ0) is 19.0. The minimum absolute atomic E-state index is 0.193. The molecule has 5 rings (SSSR count). The predicted molar refractivity (Wildman–Crippen MR) is 97.6 cm³/mol. The molecule has 0 aromatic carbocycles. The summed E-state index contributed by atoms with van der Waals surface area (Å²) in [7, 11) is 0. The number of aliphatic hydroxyl groups is 1. The molecule has 2 N–H and O–H groups in total. The van der Waals surface area contributed by atoms with E-state index in [1.165, 1.54) is 5.57 Å². The lowest BCUT2D eigenvalue weighted by Gasteiger charge is -2.55. The molecule has 0 radical (unpaired) electrons. The van der Waals surface area contributed by atoms with Crippen LogP contribution in [0.2, 0.25) is 0 Å². The molecule has 8 atom stereocenters. The lowest BCUT2D eigenvalue weighted by atomic mass is 9.50. The Kier molecular flexibility index (Phi) is 3.55. The number of hydrogen-bond acceptors (Lipinski definition) is 4. The quantitative estimate of drug-likeness (QED) is 0.572. The second kappa shape index (κ2) is 5.57. The Morgan fingerprint density at radius 1 is 1.33 bits per heavy atom. The molecule has 5 heteroatoms. The van der Waals surface area contributed by atoms with Crippen LogP contribution in [-0.4, -0.2) is 27.8 Å². The van der Waals surface area contributed by atoms with Gasteiger partial charge in [-0.15, -0.1) is 0 Å². The van der Waals surface area contributed by atoms with Gasteiger partial charge in [-0.2, -0.15) is 0 Å². The molecular weight excluding hydrogens is 344 g/mol. The van der Waals surface area contributed by atoms with Crippen molar-refractivity contribution in [2.75, 3.05) is 0 Å². The van der Waals surface area contributed by atoms with Crippen LogP contribution in [0.4, 0.5) is 4.79 Å². The number of rotatable bonds is 2. The average molecular weight is 370 g/mol. The van der Waals surface area contributed by atoms with Crippen molar-refractivity contribution in [2.24, 2.45) is 40.9 Å². The fraction of sp³-hybridized carbons (Fsp3) is 0.636. The SMILES string of the molecule is C[C@]12CC[C@H]3[C@@H](C=CC4=CC(=O)CC[C@@H]43)[C@@H]1[C@H]1C[C@H]1[C@@]2(O)/C=C\OC(=O)O. The molecule has 5 nitrogen and oxygen atoms in total. The van der Waals surface area contributed by atoms with Gasteiger partial charge in [-0.05, 0) is 78.9 Å². The maximum Gasteiger partial charge on any atom is 0.510 e. The van der Waals surface area contributed by atoms with Crippen molar-refractivity contribution in [3.8, 4) is 0 Å². The maximum atomic E-state index is 11.8. The highest BCUT2D eigenvalue weighted by molar-refractivity contribution is 5.91. The van der Waals surface area contributed by atoms with E-state index < -0.39 is 11.8 Å². The third-order valence-electron chi connectivity index (χ3n) is 8.40. The van der Waals surface area contributed by atoms with Gasteiger partial charge in [0.15, 0.2) is 5.78 Å². The highest BCUT2D eigenvalue weighted by Gasteiger charge is 2.74. The summed E-state index contributed by atoms with van der Waals surface area (Å²) in [6.07, 6.45) is 12.3. The molecule has 0 aliphatic heterocycles. The highest BCUT2D eigenvalue weighted by atomic mass is 16.7. The van der Waals surface area contributed by atoms with Gasteiger partial charge in [-0.3, -0.25) is 4.79 Å². The number of fused-ring (bicyclic) bond motifs is 7. The van der Waals surface area contributed by atoms with Gasteiger partial charge in [-0.1, -0.05) is 19.1 Å². The summed E-state index contributed by atoms with van der Waals surface area (Å²) in [5.74, 6) is 2.77. The predicted octanol–water partition coefficient (Wildman–Crippen LogP) is 3.70. The smallest absolute Gasteiger partial charge is 0.449 e. The number of carbonyl (C=O) groups excluding carboxylic acids is 1. The number of ketones is 1. The maximum absolute atomic E-state index is 11.8. The summed E-state index contributed by atoms with van der Waals surface area (Å²) in [6, 6.07) is 0. The molecule has 0 amide bonds. The zero-order valence-electron chi connectivity index (χ0n) is 15.5. The lowest BCUT2D eigenvalue weighted by molar-refractivity contribution is -0.116. The van der Waals surface area contributed by atoms with Crippen molar-refractivity contribution in [3.05, 3.63) is 36.1 Å². The second-order valence-electron chi connectivity index (χ2n) is 9.36. The van der Waals surface area contributed by atoms with Crippen LogP contribution < -0.4 is 0 Å². The second-order valence-corrected chi connectivity index (χ2v) is 9.36. The molecule has 0 saturated heterocycles. The molecule has 5 aliphatic carbocycles. The first-order chi connectivity index (χ1) is 12.8. The number of allylic oxidation sites excluding steroid dienone is 4. The minimum Gasteiger partial charge on any atom is -0.449 e. The van der Waals surface area contributed by atoms with Gasteiger partial charge < -0.3 is 14.9 Å². The number of carboxylic acid groups (broad SMARTS) is 1. The van der Waals surface area contributed by atoms with E-state index in [0.29, 0.717) is 36.0 Å². The molecule has 0 heterocycles. The van der Waals surface area contributed by atoms with Crippen LogP contribution in [0.1, 0.15) is 39.0 Å². The largest absolute Gasteiger partial charge is 0.510 e. The van der Waals surface area contributed by atoms with Gasteiger partial charge in [0.1, 0.15) is 0 Å². The molecule has 3 fully saturated rings. The monoisotopic (exact) mass is 370 g/mol. The molecule has 0 bridgehead atoms. The Bertz CT molecular complexity index is 795. The Morgan fingerprint density at radius 2 is 2.15 bits per heavy atom. The summed E-state index contributed by atoms with van der Waals surface area (Å²) < 4.78 is 4.57. The molecular formula is C22H26O5. The van der Waals surface area contributed by atoms with Gasteiger partial charge in [0, 0.05) is 11.8 Å². The first kappa shape index (κ1) is 17.2. The van der Waals surface area contributed by atoms with Gasteiger partial charge in [0.05, 0.1) is 11.9 Å². The Morgan fingerprint density at radius 3 is 2.93 bits per heavy atom. The summed E-state index contributed by atoms with van der Waals surface area (Å²) in [6.45, 7) is 2.18. The van der Waals surface area contributed by atoms with Crippen molar-refractivity contribution < 1.29 is 24.5 Å². The number of carbonyl (C=O) groups is 2. The summed E-state index contributed by atoms with van der Waals surface area (Å²) in [5, 5.41) is 20.3. The van der Waals surface area contributed by atoms with Gasteiger partial charge in [0.2, 0.25) is 0 Å². The lowest BCUT2D eigenvalue weighted by Crippen LogP contribution is -2.53. The highest BCUT2D eigenvalue weighted by Crippen LogP contribution is 2.75. The molecule has 5 aliphatic rings. The third-order valence-corrected chi connectivity index (χ3v) is 8.40. The fourth-order valence-corrected chi connectivity index (χ4v) is 7.21. The molecule has 27 heavy (non-hydrogen) atoms. The molecule has 0 aromatic rings. The van der Waals surface area contributed by atoms with E-state index in [1.54, 1.807) is 6.08 Å². The van der Waals surface area contributed by atoms with E-state index in [4.69, 9.17) is 5.11 Å². The zero-order valence-corrected chi connectivity index (χ0v) is 15.5. The summed E-state index contributed by atoms with van der Waals surface area (Å²) in [5.41, 5.74) is -0.0720. The van der Waals surface area contributed by atoms with E-state index in [2.05, 4.69) is 23.8 Å². The van der Waals surface area contributed by atoms with E-state index in [-0.39, 0.29) is 17.1 Å². The first-order valence-electron chi connectivity index (χ1n) is 10.1. The molecule has 3 saturated carbocycles. The van der Waals surface area contributed by atoms with Crippen molar-refractivity contribution in [2.45, 2.75) is 44.6 Å². The van der Waals surface area contributed by atoms with Crippen LogP contribution in [0.25, 0.3) is 0 Å². The van der Waals surface area contributed by atoms with E-state index >= 15 is 0 Å².